The van der Waals surface area contributed by atoms with Gasteiger partial charge in [-0.25, -0.2) is 8.42 Å². The molecule has 1 aliphatic carbocycles. The Balaban J connectivity index is 2.56. The van der Waals surface area contributed by atoms with Gasteiger partial charge in [-0.05, 0) is 38.5 Å². The predicted octanol–water partition coefficient (Wildman–Crippen LogP) is 1.68. The number of nitrogens with zero attached hydrogens (tertiary/aromatic N) is 1. The number of carbonyl (C=O) groups excluding carboxylic acids is 1. The van der Waals surface area contributed by atoms with E-state index in [4.69, 9.17) is 5.26 Å². The zero-order valence-corrected chi connectivity index (χ0v) is 12.5. The van der Waals surface area contributed by atoms with Crippen LogP contribution in [0.1, 0.15) is 39.5 Å². The number of carbonyl (C=O) groups is 1. The highest BCUT2D eigenvalue weighted by Gasteiger charge is 2.47. The van der Waals surface area contributed by atoms with E-state index >= 15 is 0 Å². The van der Waals surface area contributed by atoms with Crippen LogP contribution in [-0.4, -0.2) is 33.0 Å². The molecule has 0 aromatic rings. The maximum Gasteiger partial charge on any atom is 0.306 e. The number of sulfone groups is 1. The zero-order valence-electron chi connectivity index (χ0n) is 11.7. The first-order chi connectivity index (χ1) is 8.64. The Morgan fingerprint density at radius 3 is 2.42 bits per heavy atom. The van der Waals surface area contributed by atoms with Crippen molar-refractivity contribution in [3.63, 3.8) is 0 Å². The molecular formula is C13H21NO4S. The highest BCUT2D eigenvalue weighted by molar-refractivity contribution is 7.91. The third-order valence-electron chi connectivity index (χ3n) is 3.57. The van der Waals surface area contributed by atoms with Crippen molar-refractivity contribution >= 4 is 15.8 Å². The van der Waals surface area contributed by atoms with E-state index in [1.54, 1.807) is 13.8 Å². The molecule has 0 spiro atoms. The summed E-state index contributed by atoms with van der Waals surface area (Å²) >= 11 is 0. The molecule has 1 saturated carbocycles. The van der Waals surface area contributed by atoms with Crippen molar-refractivity contribution in [1.29, 1.82) is 5.26 Å². The van der Waals surface area contributed by atoms with Crippen molar-refractivity contribution in [2.75, 3.05) is 18.6 Å². The second-order valence-corrected chi connectivity index (χ2v) is 8.27. The Morgan fingerprint density at radius 1 is 1.42 bits per heavy atom. The maximum absolute atomic E-state index is 12.1. The standard InChI is InChI=1S/C13H21NO4S/c1-12(2,9-14)6-7-19(16,17)10-13(4-5-13)8-11(15)18-3/h4-8,10H2,1-3H3. The number of nitriles is 1. The van der Waals surface area contributed by atoms with Gasteiger partial charge in [-0.2, -0.15) is 5.26 Å². The molecule has 0 unspecified atom stereocenters. The van der Waals surface area contributed by atoms with Gasteiger partial charge in [-0.1, -0.05) is 0 Å². The Morgan fingerprint density at radius 2 is 2.00 bits per heavy atom. The van der Waals surface area contributed by atoms with Crippen LogP contribution in [0.25, 0.3) is 0 Å². The van der Waals surface area contributed by atoms with Crippen molar-refractivity contribution in [2.45, 2.75) is 39.5 Å². The topological polar surface area (TPSA) is 84.2 Å². The van der Waals surface area contributed by atoms with E-state index < -0.39 is 20.7 Å². The molecule has 0 heterocycles. The highest BCUT2D eigenvalue weighted by Crippen LogP contribution is 2.50. The van der Waals surface area contributed by atoms with E-state index in [0.29, 0.717) is 6.42 Å². The van der Waals surface area contributed by atoms with Gasteiger partial charge >= 0.3 is 5.97 Å². The number of rotatable bonds is 7. The summed E-state index contributed by atoms with van der Waals surface area (Å²) in [6.07, 6.45) is 2.00. The highest BCUT2D eigenvalue weighted by atomic mass is 32.2. The van der Waals surface area contributed by atoms with Gasteiger partial charge in [0.2, 0.25) is 0 Å². The number of methoxy groups -OCH3 is 1. The second kappa shape index (κ2) is 5.49. The fourth-order valence-corrected chi connectivity index (χ4v) is 4.22. The molecule has 5 nitrogen and oxygen atoms in total. The summed E-state index contributed by atoms with van der Waals surface area (Å²) < 4.78 is 28.7. The molecule has 0 aliphatic heterocycles. The first-order valence-electron chi connectivity index (χ1n) is 6.32. The molecule has 0 aromatic carbocycles. The van der Waals surface area contributed by atoms with Gasteiger partial charge in [0, 0.05) is 0 Å². The summed E-state index contributed by atoms with van der Waals surface area (Å²) in [7, 11) is -1.92. The molecule has 0 bridgehead atoms. The average Bonchev–Trinajstić information content (AvgIpc) is 3.05. The molecule has 0 radical (unpaired) electrons. The van der Waals surface area contributed by atoms with Gasteiger partial charge in [0.15, 0.2) is 9.84 Å². The van der Waals surface area contributed by atoms with Gasteiger partial charge < -0.3 is 4.74 Å². The fraction of sp³-hybridized carbons (Fsp3) is 0.846. The lowest BCUT2D eigenvalue weighted by Gasteiger charge is -2.17. The molecule has 19 heavy (non-hydrogen) atoms. The van der Waals surface area contributed by atoms with Crippen LogP contribution in [0.3, 0.4) is 0 Å². The lowest BCUT2D eigenvalue weighted by atomic mass is 9.93. The largest absolute Gasteiger partial charge is 0.469 e. The van der Waals surface area contributed by atoms with E-state index in [1.807, 2.05) is 0 Å². The third kappa shape index (κ3) is 5.19. The Bertz CT molecular complexity index is 483. The quantitative estimate of drug-likeness (QED) is 0.665. The molecule has 0 amide bonds. The first kappa shape index (κ1) is 16.0. The Hall–Kier alpha value is -1.09. The molecule has 0 N–H and O–H groups in total. The number of hydrogen-bond donors (Lipinski definition) is 0. The van der Waals surface area contributed by atoms with Crippen LogP contribution in [-0.2, 0) is 19.4 Å². The molecule has 0 saturated heterocycles. The SMILES string of the molecule is COC(=O)CC1(CS(=O)(=O)CCC(C)(C)C#N)CC1. The molecule has 1 aliphatic rings. The second-order valence-electron chi connectivity index (χ2n) is 6.09. The smallest absolute Gasteiger partial charge is 0.306 e. The lowest BCUT2D eigenvalue weighted by molar-refractivity contribution is -0.141. The molecule has 0 aromatic heterocycles. The van der Waals surface area contributed by atoms with Crippen molar-refractivity contribution in [1.82, 2.24) is 0 Å². The summed E-state index contributed by atoms with van der Waals surface area (Å²) in [5, 5.41) is 8.88. The van der Waals surface area contributed by atoms with Gasteiger partial charge in [0.1, 0.15) is 0 Å². The van der Waals surface area contributed by atoms with Crippen LogP contribution in [0.2, 0.25) is 0 Å². The monoisotopic (exact) mass is 287 g/mol. The summed E-state index contributed by atoms with van der Waals surface area (Å²) in [6, 6.07) is 2.10. The zero-order chi connectivity index (χ0) is 14.7. The Labute approximate surface area is 114 Å². The number of hydrogen-bond acceptors (Lipinski definition) is 5. The minimum absolute atomic E-state index is 0.00349. The first-order valence-corrected chi connectivity index (χ1v) is 8.14. The van der Waals surface area contributed by atoms with Gasteiger partial charge in [-0.3, -0.25) is 4.79 Å². The lowest BCUT2D eigenvalue weighted by Crippen LogP contribution is -2.25. The molecule has 108 valence electrons. The van der Waals surface area contributed by atoms with Crippen LogP contribution in [0.5, 0.6) is 0 Å². The van der Waals surface area contributed by atoms with Crippen LogP contribution in [0, 0.1) is 22.2 Å². The van der Waals surface area contributed by atoms with E-state index in [2.05, 4.69) is 10.8 Å². The molecule has 6 heteroatoms. The average molecular weight is 287 g/mol. The third-order valence-corrected chi connectivity index (χ3v) is 5.45. The van der Waals surface area contributed by atoms with Crippen molar-refractivity contribution in [3.05, 3.63) is 0 Å². The van der Waals surface area contributed by atoms with Crippen LogP contribution in [0.15, 0.2) is 0 Å². The predicted molar refractivity (Wildman–Crippen MR) is 71.0 cm³/mol. The molecular weight excluding hydrogens is 266 g/mol. The van der Waals surface area contributed by atoms with Crippen LogP contribution < -0.4 is 0 Å². The maximum atomic E-state index is 12.1. The van der Waals surface area contributed by atoms with Crippen molar-refractivity contribution in [3.8, 4) is 6.07 Å². The van der Waals surface area contributed by atoms with E-state index in [1.165, 1.54) is 7.11 Å². The summed E-state index contributed by atoms with van der Waals surface area (Å²) in [6.45, 7) is 3.45. The van der Waals surface area contributed by atoms with E-state index in [0.717, 1.165) is 12.8 Å². The van der Waals surface area contributed by atoms with Gasteiger partial charge in [-0.15, -0.1) is 0 Å². The van der Waals surface area contributed by atoms with Gasteiger partial charge in [0.25, 0.3) is 0 Å². The summed E-state index contributed by atoms with van der Waals surface area (Å²) in [4.78, 5) is 11.3. The van der Waals surface area contributed by atoms with Crippen molar-refractivity contribution in [2.24, 2.45) is 10.8 Å². The summed E-state index contributed by atoms with van der Waals surface area (Å²) in [5.41, 5.74) is -1.05. The van der Waals surface area contributed by atoms with Crippen LogP contribution >= 0.6 is 0 Å². The van der Waals surface area contributed by atoms with E-state index in [-0.39, 0.29) is 23.9 Å². The number of esters is 1. The van der Waals surface area contributed by atoms with Crippen molar-refractivity contribution < 1.29 is 17.9 Å². The number of ether oxygens (including phenoxy) is 1. The van der Waals surface area contributed by atoms with E-state index in [9.17, 15) is 13.2 Å². The normalized spacial score (nSPS) is 17.6. The summed E-state index contributed by atoms with van der Waals surface area (Å²) in [5.74, 6) is -0.336. The minimum atomic E-state index is -3.23. The Kier molecular flexibility index (Phi) is 4.62. The fourth-order valence-electron chi connectivity index (χ4n) is 1.93. The molecule has 1 rings (SSSR count). The molecule has 1 fully saturated rings. The van der Waals surface area contributed by atoms with Gasteiger partial charge in [0.05, 0.1) is 36.5 Å². The molecule has 0 atom stereocenters. The van der Waals surface area contributed by atoms with Crippen LogP contribution in [0.4, 0.5) is 0 Å². The minimum Gasteiger partial charge on any atom is -0.469 e.